The molecular formula is C16H22Cl2N2O. The largest absolute Gasteiger partial charge is 0.354 e. The van der Waals surface area contributed by atoms with Crippen molar-refractivity contribution in [2.24, 2.45) is 0 Å². The maximum Gasteiger partial charge on any atom is 0.237 e. The third-order valence-electron chi connectivity index (χ3n) is 4.52. The molecule has 2 fully saturated rings. The number of rotatable bonds is 4. The fourth-order valence-electron chi connectivity index (χ4n) is 2.99. The third kappa shape index (κ3) is 3.91. The maximum absolute atomic E-state index is 12.2. The van der Waals surface area contributed by atoms with E-state index in [0.717, 1.165) is 43.8 Å². The summed E-state index contributed by atoms with van der Waals surface area (Å²) in [6, 6.07) is 8.02. The van der Waals surface area contributed by atoms with Gasteiger partial charge in [0.15, 0.2) is 0 Å². The molecule has 2 N–H and O–H groups in total. The van der Waals surface area contributed by atoms with Crippen molar-refractivity contribution in [3.05, 3.63) is 34.9 Å². The number of hydrogen-bond donors (Lipinski definition) is 2. The standard InChI is InChI=1S/C16H21ClN2O.ClH/c17-13-5-3-4-12(10-13)16(7-8-16)11-19-15(20)14-6-1-2-9-18-14;/h3-5,10,14,18H,1-2,6-9,11H2,(H,19,20);1H. The molecule has 0 aromatic heterocycles. The van der Waals surface area contributed by atoms with Gasteiger partial charge in [0.1, 0.15) is 0 Å². The molecule has 1 heterocycles. The molecule has 21 heavy (non-hydrogen) atoms. The summed E-state index contributed by atoms with van der Waals surface area (Å²) in [4.78, 5) is 12.2. The number of piperidine rings is 1. The van der Waals surface area contributed by atoms with Crippen LogP contribution in [0.5, 0.6) is 0 Å². The summed E-state index contributed by atoms with van der Waals surface area (Å²) >= 11 is 6.07. The van der Waals surface area contributed by atoms with Gasteiger partial charge in [0.25, 0.3) is 0 Å². The van der Waals surface area contributed by atoms with Crippen molar-refractivity contribution < 1.29 is 4.79 Å². The van der Waals surface area contributed by atoms with Crippen LogP contribution in [0.4, 0.5) is 0 Å². The van der Waals surface area contributed by atoms with Gasteiger partial charge >= 0.3 is 0 Å². The number of hydrogen-bond acceptors (Lipinski definition) is 2. The highest BCUT2D eigenvalue weighted by Gasteiger charge is 2.44. The predicted octanol–water partition coefficient (Wildman–Crippen LogP) is 3.05. The highest BCUT2D eigenvalue weighted by molar-refractivity contribution is 6.30. The van der Waals surface area contributed by atoms with Crippen LogP contribution in [0.25, 0.3) is 0 Å². The molecule has 0 bridgehead atoms. The van der Waals surface area contributed by atoms with E-state index in [1.165, 1.54) is 12.0 Å². The molecule has 1 amide bonds. The summed E-state index contributed by atoms with van der Waals surface area (Å²) in [5, 5.41) is 7.19. The Labute approximate surface area is 137 Å². The second kappa shape index (κ2) is 6.99. The van der Waals surface area contributed by atoms with Crippen LogP contribution in [0.3, 0.4) is 0 Å². The molecule has 0 radical (unpaired) electrons. The van der Waals surface area contributed by atoms with Gasteiger partial charge in [-0.3, -0.25) is 4.79 Å². The van der Waals surface area contributed by atoms with Gasteiger partial charge in [-0.2, -0.15) is 0 Å². The fourth-order valence-corrected chi connectivity index (χ4v) is 3.18. The summed E-state index contributed by atoms with van der Waals surface area (Å²) in [5.74, 6) is 0.151. The molecular weight excluding hydrogens is 307 g/mol. The Hall–Kier alpha value is -0.770. The molecule has 1 unspecified atom stereocenters. The molecule has 1 atom stereocenters. The Morgan fingerprint density at radius 3 is 2.81 bits per heavy atom. The van der Waals surface area contributed by atoms with Gasteiger partial charge in [0, 0.05) is 17.0 Å². The van der Waals surface area contributed by atoms with Crippen LogP contribution in [0.15, 0.2) is 24.3 Å². The van der Waals surface area contributed by atoms with Gasteiger partial charge in [-0.15, -0.1) is 12.4 Å². The lowest BCUT2D eigenvalue weighted by Gasteiger charge is -2.24. The first-order valence-electron chi connectivity index (χ1n) is 7.47. The van der Waals surface area contributed by atoms with E-state index in [-0.39, 0.29) is 29.8 Å². The van der Waals surface area contributed by atoms with E-state index >= 15 is 0 Å². The first-order chi connectivity index (χ1) is 9.70. The second-order valence-corrected chi connectivity index (χ2v) is 6.45. The number of carbonyl (C=O) groups is 1. The van der Waals surface area contributed by atoms with Crippen molar-refractivity contribution in [1.29, 1.82) is 0 Å². The molecule has 5 heteroatoms. The summed E-state index contributed by atoms with van der Waals surface area (Å²) in [5.41, 5.74) is 1.37. The monoisotopic (exact) mass is 328 g/mol. The normalized spacial score (nSPS) is 23.0. The zero-order chi connectivity index (χ0) is 14.0. The van der Waals surface area contributed by atoms with Crippen LogP contribution in [0.2, 0.25) is 5.02 Å². The van der Waals surface area contributed by atoms with Crippen molar-refractivity contribution in [3.8, 4) is 0 Å². The van der Waals surface area contributed by atoms with Gasteiger partial charge in [-0.25, -0.2) is 0 Å². The van der Waals surface area contributed by atoms with Crippen molar-refractivity contribution >= 4 is 29.9 Å². The average molecular weight is 329 g/mol. The van der Waals surface area contributed by atoms with Crippen molar-refractivity contribution in [1.82, 2.24) is 10.6 Å². The summed E-state index contributed by atoms with van der Waals surface area (Å²) in [7, 11) is 0. The summed E-state index contributed by atoms with van der Waals surface area (Å²) in [6.07, 6.45) is 5.54. The van der Waals surface area contributed by atoms with Crippen LogP contribution in [-0.2, 0) is 10.2 Å². The van der Waals surface area contributed by atoms with E-state index < -0.39 is 0 Å². The minimum absolute atomic E-state index is 0. The quantitative estimate of drug-likeness (QED) is 0.891. The Kier molecular flexibility index (Phi) is 5.53. The van der Waals surface area contributed by atoms with Crippen molar-refractivity contribution in [2.75, 3.05) is 13.1 Å². The van der Waals surface area contributed by atoms with E-state index in [1.54, 1.807) is 0 Å². The molecule has 1 saturated carbocycles. The number of amides is 1. The van der Waals surface area contributed by atoms with Gasteiger partial charge in [-0.1, -0.05) is 30.2 Å². The lowest BCUT2D eigenvalue weighted by atomic mass is 9.95. The number of carbonyl (C=O) groups excluding carboxylic acids is 1. The van der Waals surface area contributed by atoms with Gasteiger partial charge in [-0.05, 0) is 49.9 Å². The number of benzene rings is 1. The van der Waals surface area contributed by atoms with E-state index in [0.29, 0.717) is 0 Å². The molecule has 1 aromatic rings. The first-order valence-corrected chi connectivity index (χ1v) is 7.85. The highest BCUT2D eigenvalue weighted by Crippen LogP contribution is 2.48. The summed E-state index contributed by atoms with van der Waals surface area (Å²) in [6.45, 7) is 1.68. The van der Waals surface area contributed by atoms with Crippen LogP contribution in [0.1, 0.15) is 37.7 Å². The molecule has 1 aliphatic heterocycles. The minimum Gasteiger partial charge on any atom is -0.354 e. The van der Waals surface area contributed by atoms with E-state index in [2.05, 4.69) is 16.7 Å². The molecule has 3 nitrogen and oxygen atoms in total. The zero-order valence-corrected chi connectivity index (χ0v) is 13.6. The van der Waals surface area contributed by atoms with Crippen LogP contribution < -0.4 is 10.6 Å². The van der Waals surface area contributed by atoms with Crippen molar-refractivity contribution in [3.63, 3.8) is 0 Å². The second-order valence-electron chi connectivity index (χ2n) is 6.01. The van der Waals surface area contributed by atoms with Gasteiger partial charge in [0.2, 0.25) is 5.91 Å². The minimum atomic E-state index is -0.00101. The molecule has 1 aliphatic carbocycles. The molecule has 3 rings (SSSR count). The molecule has 1 saturated heterocycles. The zero-order valence-electron chi connectivity index (χ0n) is 12.0. The molecule has 0 spiro atoms. The smallest absolute Gasteiger partial charge is 0.237 e. The Bertz CT molecular complexity index is 497. The first kappa shape index (κ1) is 16.6. The average Bonchev–Trinajstić information content (AvgIpc) is 3.27. The highest BCUT2D eigenvalue weighted by atomic mass is 35.5. The topological polar surface area (TPSA) is 41.1 Å². The Morgan fingerprint density at radius 2 is 2.19 bits per heavy atom. The summed E-state index contributed by atoms with van der Waals surface area (Å²) < 4.78 is 0. The fraction of sp³-hybridized carbons (Fsp3) is 0.562. The van der Waals surface area contributed by atoms with Crippen molar-refractivity contribution in [2.45, 2.75) is 43.6 Å². The van der Waals surface area contributed by atoms with E-state index in [1.807, 2.05) is 18.2 Å². The Balaban J connectivity index is 0.00000161. The maximum atomic E-state index is 12.2. The lowest BCUT2D eigenvalue weighted by molar-refractivity contribution is -0.123. The number of nitrogens with one attached hydrogen (secondary N) is 2. The van der Waals surface area contributed by atoms with Crippen LogP contribution in [-0.4, -0.2) is 25.0 Å². The predicted molar refractivity (Wildman–Crippen MR) is 88.3 cm³/mol. The number of halogens is 2. The molecule has 2 aliphatic rings. The lowest BCUT2D eigenvalue weighted by Crippen LogP contribution is -2.48. The van der Waals surface area contributed by atoms with E-state index in [4.69, 9.17) is 11.6 Å². The third-order valence-corrected chi connectivity index (χ3v) is 4.75. The molecule has 116 valence electrons. The van der Waals surface area contributed by atoms with Crippen LogP contribution in [0, 0.1) is 0 Å². The SMILES string of the molecule is Cl.O=C(NCC1(c2cccc(Cl)c2)CC1)C1CCCCN1. The van der Waals surface area contributed by atoms with Crippen LogP contribution >= 0.6 is 24.0 Å². The molecule has 1 aromatic carbocycles. The van der Waals surface area contributed by atoms with Gasteiger partial charge < -0.3 is 10.6 Å². The Morgan fingerprint density at radius 1 is 1.38 bits per heavy atom. The van der Waals surface area contributed by atoms with E-state index in [9.17, 15) is 4.79 Å². The van der Waals surface area contributed by atoms with Gasteiger partial charge in [0.05, 0.1) is 6.04 Å².